The van der Waals surface area contributed by atoms with E-state index in [0.717, 1.165) is 0 Å². The third-order valence-electron chi connectivity index (χ3n) is 3.04. The molecule has 5 nitrogen and oxygen atoms in total. The highest BCUT2D eigenvalue weighted by molar-refractivity contribution is 7.92. The SMILES string of the molecule is CC(C(=O)c1ccccc1)S(=O)(=O)CCCCC(=O)O. The molecule has 0 amide bonds. The van der Waals surface area contributed by atoms with E-state index in [1.165, 1.54) is 6.92 Å². The van der Waals surface area contributed by atoms with Crippen LogP contribution in [0.1, 0.15) is 36.5 Å². The third kappa shape index (κ3) is 4.77. The minimum atomic E-state index is -3.55. The van der Waals surface area contributed by atoms with Crippen molar-refractivity contribution in [3.63, 3.8) is 0 Å². The van der Waals surface area contributed by atoms with E-state index in [1.54, 1.807) is 30.3 Å². The van der Waals surface area contributed by atoms with Gasteiger partial charge in [-0.3, -0.25) is 9.59 Å². The Bertz CT molecular complexity index is 562. The molecule has 1 unspecified atom stereocenters. The highest BCUT2D eigenvalue weighted by Gasteiger charge is 2.28. The number of carboxylic acid groups (broad SMARTS) is 1. The highest BCUT2D eigenvalue weighted by Crippen LogP contribution is 2.13. The fourth-order valence-corrected chi connectivity index (χ4v) is 3.18. The third-order valence-corrected chi connectivity index (χ3v) is 5.18. The molecule has 0 aliphatic rings. The minimum Gasteiger partial charge on any atom is -0.481 e. The molecule has 0 fully saturated rings. The molecule has 0 spiro atoms. The van der Waals surface area contributed by atoms with Crippen LogP contribution in [-0.2, 0) is 14.6 Å². The molecule has 0 radical (unpaired) electrons. The lowest BCUT2D eigenvalue weighted by Crippen LogP contribution is -2.29. The predicted molar refractivity (Wildman–Crippen MR) is 75.5 cm³/mol. The number of sulfone groups is 1. The van der Waals surface area contributed by atoms with Gasteiger partial charge in [0.25, 0.3) is 0 Å². The topological polar surface area (TPSA) is 88.5 Å². The van der Waals surface area contributed by atoms with Crippen LogP contribution in [0.3, 0.4) is 0 Å². The van der Waals surface area contributed by atoms with E-state index in [0.29, 0.717) is 12.0 Å². The molecule has 0 heterocycles. The summed E-state index contributed by atoms with van der Waals surface area (Å²) in [6, 6.07) is 8.28. The Morgan fingerprint density at radius 2 is 1.75 bits per heavy atom. The number of carboxylic acids is 1. The van der Waals surface area contributed by atoms with Crippen molar-refractivity contribution in [2.45, 2.75) is 31.4 Å². The number of rotatable bonds is 8. The van der Waals surface area contributed by atoms with Crippen LogP contribution in [0.25, 0.3) is 0 Å². The molecular formula is C14H18O5S. The first-order valence-electron chi connectivity index (χ1n) is 6.37. The Hall–Kier alpha value is -1.69. The van der Waals surface area contributed by atoms with Gasteiger partial charge in [-0.1, -0.05) is 30.3 Å². The molecule has 0 aromatic heterocycles. The monoisotopic (exact) mass is 298 g/mol. The first-order valence-corrected chi connectivity index (χ1v) is 8.09. The maximum Gasteiger partial charge on any atom is 0.303 e. The smallest absolute Gasteiger partial charge is 0.303 e. The van der Waals surface area contributed by atoms with E-state index in [-0.39, 0.29) is 18.6 Å². The number of aliphatic carboxylic acids is 1. The summed E-state index contributed by atoms with van der Waals surface area (Å²) in [6.45, 7) is 1.38. The summed E-state index contributed by atoms with van der Waals surface area (Å²) in [6.07, 6.45) is 0.485. The van der Waals surface area contributed by atoms with Gasteiger partial charge >= 0.3 is 5.97 Å². The molecular weight excluding hydrogens is 280 g/mol. The fourth-order valence-electron chi connectivity index (χ4n) is 1.76. The van der Waals surface area contributed by atoms with Gasteiger partial charge < -0.3 is 5.11 Å². The summed E-state index contributed by atoms with van der Waals surface area (Å²) in [5.74, 6) is -1.54. The number of unbranched alkanes of at least 4 members (excludes halogenated alkanes) is 1. The molecule has 1 aromatic rings. The number of carbonyl (C=O) groups is 2. The van der Waals surface area contributed by atoms with Crippen LogP contribution in [0.2, 0.25) is 0 Å². The van der Waals surface area contributed by atoms with Crippen molar-refractivity contribution in [2.24, 2.45) is 0 Å². The number of hydrogen-bond acceptors (Lipinski definition) is 4. The number of Topliss-reactive ketones (excluding diaryl/α,β-unsaturated/α-hetero) is 1. The molecule has 0 aliphatic heterocycles. The first-order chi connectivity index (χ1) is 9.34. The van der Waals surface area contributed by atoms with Gasteiger partial charge in [0, 0.05) is 12.0 Å². The van der Waals surface area contributed by atoms with E-state index in [2.05, 4.69) is 0 Å². The number of benzene rings is 1. The highest BCUT2D eigenvalue weighted by atomic mass is 32.2. The summed E-state index contributed by atoms with van der Waals surface area (Å²) in [5, 5.41) is 7.38. The summed E-state index contributed by atoms with van der Waals surface area (Å²) in [4.78, 5) is 22.4. The van der Waals surface area contributed by atoms with Gasteiger partial charge in [-0.15, -0.1) is 0 Å². The molecule has 20 heavy (non-hydrogen) atoms. The second-order valence-electron chi connectivity index (χ2n) is 4.59. The van der Waals surface area contributed by atoms with Crippen LogP contribution in [-0.4, -0.2) is 36.3 Å². The molecule has 0 saturated heterocycles. The number of carbonyl (C=O) groups excluding carboxylic acids is 1. The normalized spacial score (nSPS) is 12.8. The molecule has 6 heteroatoms. The van der Waals surface area contributed by atoms with Crippen LogP contribution in [0, 0.1) is 0 Å². The number of hydrogen-bond donors (Lipinski definition) is 1. The largest absolute Gasteiger partial charge is 0.481 e. The van der Waals surface area contributed by atoms with E-state index < -0.39 is 26.8 Å². The molecule has 0 bridgehead atoms. The lowest BCUT2D eigenvalue weighted by molar-refractivity contribution is -0.137. The van der Waals surface area contributed by atoms with Gasteiger partial charge in [-0.25, -0.2) is 8.42 Å². The van der Waals surface area contributed by atoms with Gasteiger partial charge in [0.05, 0.1) is 5.75 Å². The molecule has 1 aromatic carbocycles. The predicted octanol–water partition coefficient (Wildman–Crippen LogP) is 1.93. The molecule has 1 atom stereocenters. The van der Waals surface area contributed by atoms with Gasteiger partial charge in [-0.2, -0.15) is 0 Å². The second kappa shape index (κ2) is 7.19. The summed E-state index contributed by atoms with van der Waals surface area (Å²) in [7, 11) is -3.55. The standard InChI is InChI=1S/C14H18O5S/c1-11(14(17)12-7-3-2-4-8-12)20(18,19)10-6-5-9-13(15)16/h2-4,7-8,11H,5-6,9-10H2,1H3,(H,15,16). The average molecular weight is 298 g/mol. The maximum atomic E-state index is 12.1. The second-order valence-corrected chi connectivity index (χ2v) is 7.03. The van der Waals surface area contributed by atoms with Gasteiger partial charge in [0.2, 0.25) is 0 Å². The molecule has 1 N–H and O–H groups in total. The minimum absolute atomic E-state index is 0.0590. The summed E-state index contributed by atoms with van der Waals surface area (Å²) >= 11 is 0. The van der Waals surface area contributed by atoms with Crippen molar-refractivity contribution < 1.29 is 23.1 Å². The van der Waals surface area contributed by atoms with E-state index in [1.807, 2.05) is 0 Å². The zero-order valence-electron chi connectivity index (χ0n) is 11.3. The van der Waals surface area contributed by atoms with E-state index in [4.69, 9.17) is 5.11 Å². The Morgan fingerprint density at radius 1 is 1.15 bits per heavy atom. The zero-order valence-corrected chi connectivity index (χ0v) is 12.1. The van der Waals surface area contributed by atoms with Gasteiger partial charge in [-0.05, 0) is 19.8 Å². The van der Waals surface area contributed by atoms with Crippen LogP contribution in [0.5, 0.6) is 0 Å². The van der Waals surface area contributed by atoms with Crippen molar-refractivity contribution in [2.75, 3.05) is 5.75 Å². The maximum absolute atomic E-state index is 12.1. The molecule has 1 rings (SSSR count). The van der Waals surface area contributed by atoms with Crippen LogP contribution < -0.4 is 0 Å². The van der Waals surface area contributed by atoms with Crippen molar-refractivity contribution >= 4 is 21.6 Å². The molecule has 0 aliphatic carbocycles. The Morgan fingerprint density at radius 3 is 2.30 bits per heavy atom. The van der Waals surface area contributed by atoms with Gasteiger partial charge in [0.1, 0.15) is 5.25 Å². The summed E-state index contributed by atoms with van der Waals surface area (Å²) in [5.41, 5.74) is 0.370. The van der Waals surface area contributed by atoms with Crippen molar-refractivity contribution in [3.05, 3.63) is 35.9 Å². The molecule has 110 valence electrons. The van der Waals surface area contributed by atoms with Crippen molar-refractivity contribution in [1.82, 2.24) is 0 Å². The van der Waals surface area contributed by atoms with Crippen molar-refractivity contribution in [1.29, 1.82) is 0 Å². The van der Waals surface area contributed by atoms with E-state index >= 15 is 0 Å². The van der Waals surface area contributed by atoms with Gasteiger partial charge in [0.15, 0.2) is 15.6 Å². The van der Waals surface area contributed by atoms with Crippen molar-refractivity contribution in [3.8, 4) is 0 Å². The Balaban J connectivity index is 2.63. The average Bonchev–Trinajstić information content (AvgIpc) is 2.43. The van der Waals surface area contributed by atoms with Crippen LogP contribution in [0.4, 0.5) is 0 Å². The lowest BCUT2D eigenvalue weighted by Gasteiger charge is -2.11. The molecule has 0 saturated carbocycles. The summed E-state index contributed by atoms with van der Waals surface area (Å²) < 4.78 is 24.0. The van der Waals surface area contributed by atoms with Crippen LogP contribution in [0.15, 0.2) is 30.3 Å². The van der Waals surface area contributed by atoms with Crippen LogP contribution >= 0.6 is 0 Å². The Kier molecular flexibility index (Phi) is 5.88. The quantitative estimate of drug-likeness (QED) is 0.585. The fraction of sp³-hybridized carbons (Fsp3) is 0.429. The van der Waals surface area contributed by atoms with E-state index in [9.17, 15) is 18.0 Å². The zero-order chi connectivity index (χ0) is 15.2. The Labute approximate surface area is 118 Å². The number of ketones is 1. The first kappa shape index (κ1) is 16.4. The lowest BCUT2D eigenvalue weighted by atomic mass is 10.1.